The molecule has 20 heavy (non-hydrogen) atoms. The van der Waals surface area contributed by atoms with E-state index in [0.29, 0.717) is 29.5 Å². The molecule has 0 spiro atoms. The Balaban J connectivity index is 1.84. The zero-order chi connectivity index (χ0) is 14.4. The van der Waals surface area contributed by atoms with Gasteiger partial charge in [0.15, 0.2) is 5.78 Å². The fourth-order valence-corrected chi connectivity index (χ4v) is 1.90. The molecule has 104 valence electrons. The number of rotatable bonds is 6. The maximum absolute atomic E-state index is 11.2. The van der Waals surface area contributed by atoms with Crippen molar-refractivity contribution in [1.82, 2.24) is 0 Å². The molecule has 0 aliphatic carbocycles. The predicted octanol–water partition coefficient (Wildman–Crippen LogP) is 4.00. The number of ketones is 1. The highest BCUT2D eigenvalue weighted by Crippen LogP contribution is 2.25. The van der Waals surface area contributed by atoms with Gasteiger partial charge in [0.1, 0.15) is 24.7 Å². The van der Waals surface area contributed by atoms with Gasteiger partial charge >= 0.3 is 0 Å². The maximum Gasteiger partial charge on any atom is 0.159 e. The monoisotopic (exact) mass is 290 g/mol. The van der Waals surface area contributed by atoms with Gasteiger partial charge in [-0.05, 0) is 37.3 Å². The fraction of sp³-hybridized carbons (Fsp3) is 0.188. The van der Waals surface area contributed by atoms with Crippen molar-refractivity contribution in [2.45, 2.75) is 6.92 Å². The van der Waals surface area contributed by atoms with Crippen LogP contribution in [-0.2, 0) is 0 Å². The van der Waals surface area contributed by atoms with Gasteiger partial charge < -0.3 is 9.47 Å². The van der Waals surface area contributed by atoms with Crippen molar-refractivity contribution in [1.29, 1.82) is 0 Å². The first-order chi connectivity index (χ1) is 9.66. The molecule has 0 amide bonds. The molecular formula is C16H15ClO3. The molecule has 2 rings (SSSR count). The molecule has 0 aliphatic heterocycles. The van der Waals surface area contributed by atoms with E-state index in [9.17, 15) is 4.79 Å². The van der Waals surface area contributed by atoms with E-state index in [0.717, 1.165) is 5.75 Å². The second kappa shape index (κ2) is 6.96. The van der Waals surface area contributed by atoms with Crippen molar-refractivity contribution in [3.05, 3.63) is 59.1 Å². The van der Waals surface area contributed by atoms with Gasteiger partial charge in [-0.15, -0.1) is 0 Å². The first-order valence-corrected chi connectivity index (χ1v) is 6.66. The third-order valence-corrected chi connectivity index (χ3v) is 2.99. The van der Waals surface area contributed by atoms with E-state index in [-0.39, 0.29) is 5.78 Å². The second-order valence-electron chi connectivity index (χ2n) is 4.21. The predicted molar refractivity (Wildman–Crippen MR) is 78.9 cm³/mol. The van der Waals surface area contributed by atoms with E-state index >= 15 is 0 Å². The van der Waals surface area contributed by atoms with E-state index < -0.39 is 0 Å². The van der Waals surface area contributed by atoms with Crippen LogP contribution in [0.4, 0.5) is 0 Å². The van der Waals surface area contributed by atoms with Crippen LogP contribution in [0.5, 0.6) is 11.5 Å². The Morgan fingerprint density at radius 3 is 2.40 bits per heavy atom. The summed E-state index contributed by atoms with van der Waals surface area (Å²) in [6, 6.07) is 14.5. The topological polar surface area (TPSA) is 35.5 Å². The molecule has 0 bridgehead atoms. The normalized spacial score (nSPS) is 10.1. The van der Waals surface area contributed by atoms with Crippen LogP contribution in [0.1, 0.15) is 17.3 Å². The zero-order valence-corrected chi connectivity index (χ0v) is 11.9. The molecule has 0 fully saturated rings. The number of ether oxygens (including phenoxy) is 2. The Labute approximate surface area is 123 Å². The highest BCUT2D eigenvalue weighted by molar-refractivity contribution is 6.32. The molecule has 0 saturated heterocycles. The van der Waals surface area contributed by atoms with E-state index in [2.05, 4.69) is 0 Å². The summed E-state index contributed by atoms with van der Waals surface area (Å²) in [6.07, 6.45) is 0. The van der Waals surface area contributed by atoms with Gasteiger partial charge in [-0.1, -0.05) is 29.8 Å². The minimum atomic E-state index is -0.0224. The Bertz CT molecular complexity index is 582. The van der Waals surface area contributed by atoms with Gasteiger partial charge in [0.25, 0.3) is 0 Å². The summed E-state index contributed by atoms with van der Waals surface area (Å²) >= 11 is 6.05. The molecule has 3 nitrogen and oxygen atoms in total. The molecule has 0 aromatic heterocycles. The summed E-state index contributed by atoms with van der Waals surface area (Å²) in [4.78, 5) is 11.2. The number of halogens is 1. The van der Waals surface area contributed by atoms with Crippen LogP contribution in [0.15, 0.2) is 48.5 Å². The van der Waals surface area contributed by atoms with E-state index in [4.69, 9.17) is 21.1 Å². The molecule has 0 aliphatic rings. The summed E-state index contributed by atoms with van der Waals surface area (Å²) in [6.45, 7) is 2.31. The summed E-state index contributed by atoms with van der Waals surface area (Å²) in [5.74, 6) is 1.33. The molecule has 2 aromatic carbocycles. The SMILES string of the molecule is CC(=O)c1ccc(OCCOc2ccccc2)c(Cl)c1. The summed E-state index contributed by atoms with van der Waals surface area (Å²) in [5.41, 5.74) is 0.572. The van der Waals surface area contributed by atoms with Crippen molar-refractivity contribution < 1.29 is 14.3 Å². The third kappa shape index (κ3) is 4.00. The molecule has 0 heterocycles. The van der Waals surface area contributed by atoms with Gasteiger partial charge in [-0.3, -0.25) is 4.79 Å². The molecule has 0 saturated carbocycles. The summed E-state index contributed by atoms with van der Waals surface area (Å²) in [5, 5.41) is 0.428. The zero-order valence-electron chi connectivity index (χ0n) is 11.1. The Kier molecular flexibility index (Phi) is 5.02. The lowest BCUT2D eigenvalue weighted by molar-refractivity contribution is 0.101. The number of carbonyl (C=O) groups excluding carboxylic acids is 1. The minimum absolute atomic E-state index is 0.0224. The summed E-state index contributed by atoms with van der Waals surface area (Å²) < 4.78 is 11.0. The van der Waals surface area contributed by atoms with E-state index in [1.54, 1.807) is 18.2 Å². The minimum Gasteiger partial charge on any atom is -0.490 e. The van der Waals surface area contributed by atoms with Crippen LogP contribution in [0.2, 0.25) is 5.02 Å². The van der Waals surface area contributed by atoms with Crippen molar-refractivity contribution >= 4 is 17.4 Å². The van der Waals surface area contributed by atoms with Gasteiger partial charge in [-0.25, -0.2) is 0 Å². The number of para-hydroxylation sites is 1. The average molecular weight is 291 g/mol. The van der Waals surface area contributed by atoms with Crippen molar-refractivity contribution in [2.24, 2.45) is 0 Å². The number of hydrogen-bond acceptors (Lipinski definition) is 3. The van der Waals surface area contributed by atoms with Gasteiger partial charge in [0.2, 0.25) is 0 Å². The molecule has 0 N–H and O–H groups in total. The standard InChI is InChI=1S/C16H15ClO3/c1-12(18)13-7-8-16(15(17)11-13)20-10-9-19-14-5-3-2-4-6-14/h2-8,11H,9-10H2,1H3. The van der Waals surface area contributed by atoms with Gasteiger partial charge in [0.05, 0.1) is 5.02 Å². The summed E-state index contributed by atoms with van der Waals surface area (Å²) in [7, 11) is 0. The lowest BCUT2D eigenvalue weighted by Crippen LogP contribution is -2.09. The molecule has 0 radical (unpaired) electrons. The number of Topliss-reactive ketones (excluding diaryl/α,β-unsaturated/α-hetero) is 1. The maximum atomic E-state index is 11.2. The van der Waals surface area contributed by atoms with Crippen molar-refractivity contribution in [2.75, 3.05) is 13.2 Å². The van der Waals surface area contributed by atoms with Crippen LogP contribution >= 0.6 is 11.6 Å². The van der Waals surface area contributed by atoms with Gasteiger partial charge in [-0.2, -0.15) is 0 Å². The number of benzene rings is 2. The Morgan fingerprint density at radius 1 is 1.05 bits per heavy atom. The Morgan fingerprint density at radius 2 is 1.75 bits per heavy atom. The van der Waals surface area contributed by atoms with Gasteiger partial charge in [0, 0.05) is 5.56 Å². The largest absolute Gasteiger partial charge is 0.490 e. The fourth-order valence-electron chi connectivity index (χ4n) is 1.66. The van der Waals surface area contributed by atoms with Crippen LogP contribution in [0.25, 0.3) is 0 Å². The lowest BCUT2D eigenvalue weighted by atomic mass is 10.1. The first-order valence-electron chi connectivity index (χ1n) is 6.28. The molecule has 0 unspecified atom stereocenters. The quantitative estimate of drug-likeness (QED) is 0.596. The lowest BCUT2D eigenvalue weighted by Gasteiger charge is -2.10. The third-order valence-electron chi connectivity index (χ3n) is 2.69. The number of hydrogen-bond donors (Lipinski definition) is 0. The van der Waals surface area contributed by atoms with Crippen molar-refractivity contribution in [3.8, 4) is 11.5 Å². The van der Waals surface area contributed by atoms with Crippen molar-refractivity contribution in [3.63, 3.8) is 0 Å². The molecule has 2 aromatic rings. The van der Waals surface area contributed by atoms with E-state index in [1.165, 1.54) is 6.92 Å². The van der Waals surface area contributed by atoms with E-state index in [1.807, 2.05) is 30.3 Å². The smallest absolute Gasteiger partial charge is 0.159 e. The van der Waals surface area contributed by atoms with Crippen LogP contribution in [0.3, 0.4) is 0 Å². The highest BCUT2D eigenvalue weighted by atomic mass is 35.5. The van der Waals surface area contributed by atoms with Crippen LogP contribution in [0, 0.1) is 0 Å². The average Bonchev–Trinajstić information content (AvgIpc) is 2.46. The Hall–Kier alpha value is -2.00. The van der Waals surface area contributed by atoms with Crippen LogP contribution < -0.4 is 9.47 Å². The molecular weight excluding hydrogens is 276 g/mol. The second-order valence-corrected chi connectivity index (χ2v) is 4.62. The molecule has 4 heteroatoms. The molecule has 0 atom stereocenters. The highest BCUT2D eigenvalue weighted by Gasteiger charge is 2.06. The first kappa shape index (κ1) is 14.4. The number of carbonyl (C=O) groups is 1. The van der Waals surface area contributed by atoms with Crippen LogP contribution in [-0.4, -0.2) is 19.0 Å².